The lowest BCUT2D eigenvalue weighted by molar-refractivity contribution is 1.30. The largest absolute Gasteiger partial charge is 0.399 e. The van der Waals surface area contributed by atoms with E-state index >= 15 is 0 Å². The molecule has 0 bridgehead atoms. The van der Waals surface area contributed by atoms with Crippen molar-refractivity contribution in [2.24, 2.45) is 0 Å². The summed E-state index contributed by atoms with van der Waals surface area (Å²) < 4.78 is 0. The number of anilines is 1. The van der Waals surface area contributed by atoms with Crippen molar-refractivity contribution in [2.75, 3.05) is 5.73 Å². The second kappa shape index (κ2) is 3.99. The first-order valence-electron chi connectivity index (χ1n) is 5.51. The number of aryl methyl sites for hydroxylation is 1. The van der Waals surface area contributed by atoms with Crippen LogP contribution in [0, 0.1) is 6.92 Å². The summed E-state index contributed by atoms with van der Waals surface area (Å²) in [5.41, 5.74) is 9.99. The van der Waals surface area contributed by atoms with Gasteiger partial charge in [-0.1, -0.05) is 11.6 Å². The van der Waals surface area contributed by atoms with E-state index in [1.165, 1.54) is 0 Å². The standard InChI is InChI=1S/C13H11ClN4/c1-7-2-3-16-13-11(7)17-12(18-13)8-4-9(14)6-10(15)5-8/h2-6H,15H2,1H3,(H,16,17,18). The topological polar surface area (TPSA) is 67.6 Å². The van der Waals surface area contributed by atoms with Crippen LogP contribution in [0.25, 0.3) is 22.6 Å². The first kappa shape index (κ1) is 11.0. The van der Waals surface area contributed by atoms with E-state index in [4.69, 9.17) is 17.3 Å². The summed E-state index contributed by atoms with van der Waals surface area (Å²) in [6.45, 7) is 2.01. The van der Waals surface area contributed by atoms with Gasteiger partial charge in [-0.25, -0.2) is 9.97 Å². The number of nitrogen functional groups attached to an aromatic ring is 1. The molecular formula is C13H11ClN4. The Morgan fingerprint density at radius 2 is 2.11 bits per heavy atom. The maximum absolute atomic E-state index is 5.99. The molecule has 3 N–H and O–H groups in total. The summed E-state index contributed by atoms with van der Waals surface area (Å²) in [6, 6.07) is 7.30. The van der Waals surface area contributed by atoms with Crippen LogP contribution in [-0.4, -0.2) is 15.0 Å². The van der Waals surface area contributed by atoms with Crippen LogP contribution in [0.4, 0.5) is 5.69 Å². The summed E-state index contributed by atoms with van der Waals surface area (Å²) in [6.07, 6.45) is 1.74. The number of fused-ring (bicyclic) bond motifs is 1. The molecule has 1 aromatic carbocycles. The van der Waals surface area contributed by atoms with Crippen molar-refractivity contribution in [2.45, 2.75) is 6.92 Å². The Kier molecular flexibility index (Phi) is 2.45. The predicted molar refractivity (Wildman–Crippen MR) is 73.5 cm³/mol. The zero-order valence-corrected chi connectivity index (χ0v) is 10.5. The fourth-order valence-corrected chi connectivity index (χ4v) is 2.16. The van der Waals surface area contributed by atoms with E-state index in [1.54, 1.807) is 12.3 Å². The first-order valence-corrected chi connectivity index (χ1v) is 5.89. The van der Waals surface area contributed by atoms with Gasteiger partial charge in [-0.2, -0.15) is 0 Å². The molecule has 90 valence electrons. The number of benzene rings is 1. The molecule has 0 aliphatic rings. The number of aromatic amines is 1. The molecule has 5 heteroatoms. The third kappa shape index (κ3) is 1.80. The number of hydrogen-bond acceptors (Lipinski definition) is 3. The highest BCUT2D eigenvalue weighted by atomic mass is 35.5. The van der Waals surface area contributed by atoms with Gasteiger partial charge in [-0.3, -0.25) is 0 Å². The number of H-pyrrole nitrogens is 1. The number of rotatable bonds is 1. The average molecular weight is 259 g/mol. The molecule has 0 aliphatic heterocycles. The zero-order chi connectivity index (χ0) is 12.7. The van der Waals surface area contributed by atoms with Crippen molar-refractivity contribution >= 4 is 28.5 Å². The molecule has 0 atom stereocenters. The van der Waals surface area contributed by atoms with E-state index in [-0.39, 0.29) is 0 Å². The molecule has 18 heavy (non-hydrogen) atoms. The smallest absolute Gasteiger partial charge is 0.178 e. The maximum Gasteiger partial charge on any atom is 0.178 e. The van der Waals surface area contributed by atoms with Crippen LogP contribution in [0.1, 0.15) is 5.56 Å². The minimum atomic E-state index is 0.593. The number of nitrogens with zero attached hydrogens (tertiary/aromatic N) is 2. The fourth-order valence-electron chi connectivity index (χ4n) is 1.92. The number of imidazole rings is 1. The molecule has 0 aliphatic carbocycles. The van der Waals surface area contributed by atoms with Crippen LogP contribution in [0.3, 0.4) is 0 Å². The lowest BCUT2D eigenvalue weighted by Gasteiger charge is -2.00. The highest BCUT2D eigenvalue weighted by Crippen LogP contribution is 2.26. The Bertz CT molecular complexity index is 713. The van der Waals surface area contributed by atoms with Gasteiger partial charge in [0.15, 0.2) is 5.65 Å². The van der Waals surface area contributed by atoms with E-state index in [9.17, 15) is 0 Å². The van der Waals surface area contributed by atoms with E-state index < -0.39 is 0 Å². The Balaban J connectivity index is 2.22. The number of aromatic nitrogens is 3. The Morgan fingerprint density at radius 3 is 2.83 bits per heavy atom. The molecule has 0 saturated carbocycles. The lowest BCUT2D eigenvalue weighted by Crippen LogP contribution is -1.87. The molecular weight excluding hydrogens is 248 g/mol. The normalized spacial score (nSPS) is 11.0. The van der Waals surface area contributed by atoms with Crippen LogP contribution >= 0.6 is 11.6 Å². The van der Waals surface area contributed by atoms with Gasteiger partial charge < -0.3 is 10.7 Å². The van der Waals surface area contributed by atoms with Gasteiger partial charge in [0.05, 0.1) is 5.52 Å². The predicted octanol–water partition coefficient (Wildman–Crippen LogP) is 3.17. The van der Waals surface area contributed by atoms with Crippen molar-refractivity contribution in [3.63, 3.8) is 0 Å². The van der Waals surface area contributed by atoms with Gasteiger partial charge in [0.1, 0.15) is 5.82 Å². The first-order chi connectivity index (χ1) is 8.63. The van der Waals surface area contributed by atoms with Gasteiger partial charge in [0.2, 0.25) is 0 Å². The summed E-state index contributed by atoms with van der Waals surface area (Å²) >= 11 is 5.99. The van der Waals surface area contributed by atoms with Crippen molar-refractivity contribution < 1.29 is 0 Å². The molecule has 0 unspecified atom stereocenters. The fraction of sp³-hybridized carbons (Fsp3) is 0.0769. The van der Waals surface area contributed by atoms with Crippen LogP contribution < -0.4 is 5.73 Å². The van der Waals surface area contributed by atoms with E-state index in [2.05, 4.69) is 15.0 Å². The second-order valence-corrected chi connectivity index (χ2v) is 4.62. The van der Waals surface area contributed by atoms with Gasteiger partial charge in [-0.05, 0) is 36.8 Å². The molecule has 0 amide bonds. The van der Waals surface area contributed by atoms with Crippen molar-refractivity contribution in [1.82, 2.24) is 15.0 Å². The van der Waals surface area contributed by atoms with Crippen LogP contribution in [0.5, 0.6) is 0 Å². The van der Waals surface area contributed by atoms with Crippen LogP contribution in [-0.2, 0) is 0 Å². The summed E-state index contributed by atoms with van der Waals surface area (Å²) in [5, 5.41) is 0.593. The monoisotopic (exact) mass is 258 g/mol. The highest BCUT2D eigenvalue weighted by molar-refractivity contribution is 6.31. The molecule has 0 saturated heterocycles. The number of nitrogens with one attached hydrogen (secondary N) is 1. The van der Waals surface area contributed by atoms with Gasteiger partial charge in [-0.15, -0.1) is 0 Å². The second-order valence-electron chi connectivity index (χ2n) is 4.19. The molecule has 4 nitrogen and oxygen atoms in total. The Morgan fingerprint density at radius 1 is 1.28 bits per heavy atom. The quantitative estimate of drug-likeness (QED) is 0.659. The van der Waals surface area contributed by atoms with Crippen LogP contribution in [0.15, 0.2) is 30.5 Å². The molecule has 3 rings (SSSR count). The minimum absolute atomic E-state index is 0.593. The maximum atomic E-state index is 5.99. The van der Waals surface area contributed by atoms with E-state index in [0.717, 1.165) is 22.5 Å². The number of pyridine rings is 1. The van der Waals surface area contributed by atoms with Crippen molar-refractivity contribution in [3.8, 4) is 11.4 Å². The molecule has 0 fully saturated rings. The van der Waals surface area contributed by atoms with Crippen molar-refractivity contribution in [1.29, 1.82) is 0 Å². The van der Waals surface area contributed by atoms with Gasteiger partial charge >= 0.3 is 0 Å². The minimum Gasteiger partial charge on any atom is -0.399 e. The molecule has 0 spiro atoms. The van der Waals surface area contributed by atoms with E-state index in [0.29, 0.717) is 16.4 Å². The molecule has 3 aromatic rings. The summed E-state index contributed by atoms with van der Waals surface area (Å²) in [4.78, 5) is 11.9. The third-order valence-corrected chi connectivity index (χ3v) is 3.01. The SMILES string of the molecule is Cc1ccnc2nc(-c3cc(N)cc(Cl)c3)[nH]c12. The van der Waals surface area contributed by atoms with Crippen molar-refractivity contribution in [3.05, 3.63) is 41.0 Å². The molecule has 0 radical (unpaired) electrons. The van der Waals surface area contributed by atoms with Gasteiger partial charge in [0, 0.05) is 22.5 Å². The number of nitrogens with two attached hydrogens (primary N) is 1. The molecule has 2 heterocycles. The Labute approximate surface area is 109 Å². The Hall–Kier alpha value is -2.07. The summed E-state index contributed by atoms with van der Waals surface area (Å²) in [5.74, 6) is 0.723. The average Bonchev–Trinajstić information content (AvgIpc) is 2.73. The molecule has 2 aromatic heterocycles. The number of halogens is 1. The third-order valence-electron chi connectivity index (χ3n) is 2.79. The highest BCUT2D eigenvalue weighted by Gasteiger charge is 2.08. The lowest BCUT2D eigenvalue weighted by atomic mass is 10.2. The van der Waals surface area contributed by atoms with E-state index in [1.807, 2.05) is 25.1 Å². The number of hydrogen-bond donors (Lipinski definition) is 2. The van der Waals surface area contributed by atoms with Gasteiger partial charge in [0.25, 0.3) is 0 Å². The zero-order valence-electron chi connectivity index (χ0n) is 9.74. The summed E-state index contributed by atoms with van der Waals surface area (Å²) in [7, 11) is 0. The van der Waals surface area contributed by atoms with Crippen LogP contribution in [0.2, 0.25) is 5.02 Å².